The van der Waals surface area contributed by atoms with E-state index in [4.69, 9.17) is 4.74 Å². The van der Waals surface area contributed by atoms with Crippen LogP contribution in [0.3, 0.4) is 0 Å². The van der Waals surface area contributed by atoms with E-state index in [0.29, 0.717) is 12.8 Å². The molecule has 1 saturated carbocycles. The number of rotatable bonds is 6. The molecule has 0 aromatic heterocycles. The van der Waals surface area contributed by atoms with Gasteiger partial charge in [-0.2, -0.15) is 0 Å². The van der Waals surface area contributed by atoms with Gasteiger partial charge in [-0.3, -0.25) is 29.9 Å². The van der Waals surface area contributed by atoms with Crippen LogP contribution in [0.1, 0.15) is 36.8 Å². The quantitative estimate of drug-likeness (QED) is 0.321. The molecule has 1 aliphatic carbocycles. The monoisotopic (exact) mass is 435 g/mol. The smallest absolute Gasteiger partial charge is 0.331 e. The molecular weight excluding hydrogens is 414 g/mol. The zero-order valence-corrected chi connectivity index (χ0v) is 17.2. The molecule has 1 heterocycles. The summed E-state index contributed by atoms with van der Waals surface area (Å²) in [7, 11) is 0. The van der Waals surface area contributed by atoms with Crippen molar-refractivity contribution in [3.8, 4) is 5.75 Å². The van der Waals surface area contributed by atoms with E-state index < -0.39 is 22.8 Å². The minimum absolute atomic E-state index is 0.0724. The van der Waals surface area contributed by atoms with Gasteiger partial charge in [0.25, 0.3) is 11.8 Å². The van der Waals surface area contributed by atoms with Crippen molar-refractivity contribution in [2.24, 2.45) is 0 Å². The number of nitrogens with one attached hydrogen (secondary N) is 1. The number of hydrogen-bond acceptors (Lipinski definition) is 6. The van der Waals surface area contributed by atoms with Crippen molar-refractivity contribution >= 4 is 29.6 Å². The summed E-state index contributed by atoms with van der Waals surface area (Å²) >= 11 is 0. The van der Waals surface area contributed by atoms with Gasteiger partial charge in [0.05, 0.1) is 4.92 Å². The lowest BCUT2D eigenvalue weighted by molar-refractivity contribution is -0.386. The van der Waals surface area contributed by atoms with Crippen LogP contribution in [0.15, 0.2) is 54.1 Å². The molecule has 4 rings (SSSR count). The molecule has 9 heteroatoms. The molecule has 0 radical (unpaired) electrons. The Morgan fingerprint density at radius 3 is 2.50 bits per heavy atom. The third-order valence-corrected chi connectivity index (χ3v) is 5.55. The Morgan fingerprint density at radius 2 is 1.81 bits per heavy atom. The van der Waals surface area contributed by atoms with Crippen LogP contribution in [0.5, 0.6) is 5.75 Å². The Labute approximate surface area is 183 Å². The van der Waals surface area contributed by atoms with Crippen LogP contribution in [0.25, 0.3) is 6.08 Å². The summed E-state index contributed by atoms with van der Waals surface area (Å²) in [6, 6.07) is 12.5. The largest absolute Gasteiger partial charge is 0.482 e. The Kier molecular flexibility index (Phi) is 5.98. The molecule has 2 aliphatic rings. The predicted octanol–water partition coefficient (Wildman–Crippen LogP) is 3.58. The molecule has 1 N–H and O–H groups in total. The number of nitro benzene ring substituents is 1. The summed E-state index contributed by atoms with van der Waals surface area (Å²) in [6.07, 6.45) is 4.47. The number of urea groups is 1. The van der Waals surface area contributed by atoms with Gasteiger partial charge in [0.15, 0.2) is 5.75 Å². The van der Waals surface area contributed by atoms with Crippen molar-refractivity contribution < 1.29 is 24.0 Å². The number of imide groups is 2. The van der Waals surface area contributed by atoms with Gasteiger partial charge >= 0.3 is 11.7 Å². The average Bonchev–Trinajstić information content (AvgIpc) is 3.30. The lowest BCUT2D eigenvalue weighted by Gasteiger charge is -2.31. The van der Waals surface area contributed by atoms with E-state index in [9.17, 15) is 24.5 Å². The molecule has 4 amide bonds. The number of carbonyl (C=O) groups excluding carboxylic acids is 3. The van der Waals surface area contributed by atoms with Gasteiger partial charge in [0, 0.05) is 12.1 Å². The second-order valence-corrected chi connectivity index (χ2v) is 7.69. The van der Waals surface area contributed by atoms with E-state index >= 15 is 0 Å². The van der Waals surface area contributed by atoms with Gasteiger partial charge in [-0.25, -0.2) is 4.79 Å². The molecule has 0 bridgehead atoms. The fraction of sp³-hybridized carbons (Fsp3) is 0.261. The minimum Gasteiger partial charge on any atom is -0.482 e. The first-order valence-corrected chi connectivity index (χ1v) is 10.3. The van der Waals surface area contributed by atoms with Crippen LogP contribution in [-0.2, 0) is 16.2 Å². The van der Waals surface area contributed by atoms with Gasteiger partial charge in [-0.15, -0.1) is 0 Å². The SMILES string of the molecule is O=C1NC(=O)N(C2CCCC2)C(=O)/C1=C/c1ccc(OCc2ccccc2)c([N+](=O)[O-])c1. The number of ether oxygens (including phenoxy) is 1. The maximum Gasteiger partial charge on any atom is 0.331 e. The Hall–Kier alpha value is -4.01. The fourth-order valence-electron chi connectivity index (χ4n) is 3.96. The number of amides is 4. The Bertz CT molecular complexity index is 1110. The highest BCUT2D eigenvalue weighted by Gasteiger charge is 2.40. The first-order valence-electron chi connectivity index (χ1n) is 10.3. The van der Waals surface area contributed by atoms with Crippen molar-refractivity contribution in [1.82, 2.24) is 10.2 Å². The van der Waals surface area contributed by atoms with Crippen LogP contribution >= 0.6 is 0 Å². The second-order valence-electron chi connectivity index (χ2n) is 7.69. The molecule has 2 aromatic carbocycles. The van der Waals surface area contributed by atoms with Crippen molar-refractivity contribution in [1.29, 1.82) is 0 Å². The topological polar surface area (TPSA) is 119 Å². The number of carbonyl (C=O) groups is 3. The molecule has 0 atom stereocenters. The number of benzene rings is 2. The summed E-state index contributed by atoms with van der Waals surface area (Å²) in [5.74, 6) is -1.43. The van der Waals surface area contributed by atoms with Gasteiger partial charge in [0.1, 0.15) is 12.2 Å². The van der Waals surface area contributed by atoms with Crippen LogP contribution in [0.2, 0.25) is 0 Å². The predicted molar refractivity (Wildman–Crippen MR) is 114 cm³/mol. The Morgan fingerprint density at radius 1 is 1.09 bits per heavy atom. The molecule has 32 heavy (non-hydrogen) atoms. The maximum absolute atomic E-state index is 12.9. The van der Waals surface area contributed by atoms with Gasteiger partial charge in [-0.1, -0.05) is 49.2 Å². The van der Waals surface area contributed by atoms with Gasteiger partial charge in [0.2, 0.25) is 0 Å². The van der Waals surface area contributed by atoms with Crippen molar-refractivity contribution in [2.75, 3.05) is 0 Å². The van der Waals surface area contributed by atoms with E-state index in [2.05, 4.69) is 5.32 Å². The molecular formula is C23H21N3O6. The summed E-state index contributed by atoms with van der Waals surface area (Å²) in [6.45, 7) is 0.154. The summed E-state index contributed by atoms with van der Waals surface area (Å²) in [5, 5.41) is 13.8. The third-order valence-electron chi connectivity index (χ3n) is 5.55. The Balaban J connectivity index is 1.60. The fourth-order valence-corrected chi connectivity index (χ4v) is 3.96. The molecule has 0 unspecified atom stereocenters. The van der Waals surface area contributed by atoms with E-state index in [0.717, 1.165) is 23.3 Å². The van der Waals surface area contributed by atoms with Crippen LogP contribution in [0, 0.1) is 10.1 Å². The molecule has 1 aliphatic heterocycles. The number of nitro groups is 1. The highest BCUT2D eigenvalue weighted by Crippen LogP contribution is 2.31. The molecule has 9 nitrogen and oxygen atoms in total. The average molecular weight is 435 g/mol. The second kappa shape index (κ2) is 9.01. The minimum atomic E-state index is -0.818. The molecule has 0 spiro atoms. The van der Waals surface area contributed by atoms with Crippen molar-refractivity contribution in [3.63, 3.8) is 0 Å². The summed E-state index contributed by atoms with van der Waals surface area (Å²) < 4.78 is 5.61. The van der Waals surface area contributed by atoms with Gasteiger partial charge in [-0.05, 0) is 36.1 Å². The number of barbiturate groups is 1. The van der Waals surface area contributed by atoms with Crippen LogP contribution in [0.4, 0.5) is 10.5 Å². The highest BCUT2D eigenvalue weighted by molar-refractivity contribution is 6.31. The molecule has 2 fully saturated rings. The molecule has 2 aromatic rings. The molecule has 164 valence electrons. The van der Waals surface area contributed by atoms with Crippen molar-refractivity contribution in [3.05, 3.63) is 75.3 Å². The van der Waals surface area contributed by atoms with Crippen molar-refractivity contribution in [2.45, 2.75) is 38.3 Å². The van der Waals surface area contributed by atoms with E-state index in [1.54, 1.807) is 0 Å². The lowest BCUT2D eigenvalue weighted by Crippen LogP contribution is -2.57. The third kappa shape index (κ3) is 4.36. The van der Waals surface area contributed by atoms with E-state index in [1.165, 1.54) is 24.3 Å². The lowest BCUT2D eigenvalue weighted by atomic mass is 10.0. The van der Waals surface area contributed by atoms with E-state index in [1.807, 2.05) is 30.3 Å². The first-order chi connectivity index (χ1) is 15.4. The summed E-state index contributed by atoms with van der Waals surface area (Å²) in [4.78, 5) is 49.5. The normalized spacial score (nSPS) is 18.2. The van der Waals surface area contributed by atoms with Crippen LogP contribution in [-0.4, -0.2) is 33.7 Å². The first kappa shape index (κ1) is 21.2. The number of nitrogens with zero attached hydrogens (tertiary/aromatic N) is 2. The number of hydrogen-bond donors (Lipinski definition) is 1. The van der Waals surface area contributed by atoms with Crippen LogP contribution < -0.4 is 10.1 Å². The highest BCUT2D eigenvalue weighted by atomic mass is 16.6. The van der Waals surface area contributed by atoms with Gasteiger partial charge < -0.3 is 4.74 Å². The zero-order valence-electron chi connectivity index (χ0n) is 17.2. The standard InChI is InChI=1S/C23H21N3O6/c27-21-18(22(28)25(23(29)24-21)17-8-4-5-9-17)12-16-10-11-20(19(13-16)26(30)31)32-14-15-6-2-1-3-7-15/h1-3,6-7,10-13,17H,4-5,8-9,14H2,(H,24,27,29)/b18-12+. The zero-order chi connectivity index (χ0) is 22.7. The maximum atomic E-state index is 12.9. The summed E-state index contributed by atoms with van der Waals surface area (Å²) in [5.41, 5.74) is 0.614. The van der Waals surface area contributed by atoms with E-state index in [-0.39, 0.29) is 35.2 Å². The molecule has 1 saturated heterocycles.